The quantitative estimate of drug-likeness (QED) is 0.378. The van der Waals surface area contributed by atoms with Gasteiger partial charge in [-0.15, -0.1) is 0 Å². The first-order valence-corrected chi connectivity index (χ1v) is 12.3. The number of carbonyl (C=O) groups is 3. The van der Waals surface area contributed by atoms with Gasteiger partial charge in [0.1, 0.15) is 11.6 Å². The largest absolute Gasteiger partial charge is 0.300 e. The highest BCUT2D eigenvalue weighted by Crippen LogP contribution is 2.40. The molecule has 0 aromatic heterocycles. The topological polar surface area (TPSA) is 51.2 Å². The summed E-state index contributed by atoms with van der Waals surface area (Å²) in [5.41, 5.74) is 7.02. The van der Waals surface area contributed by atoms with E-state index >= 15 is 0 Å². The van der Waals surface area contributed by atoms with Gasteiger partial charge in [0.05, 0.1) is 6.42 Å². The maximum absolute atomic E-state index is 13.3. The van der Waals surface area contributed by atoms with Crippen LogP contribution in [0.5, 0.6) is 0 Å². The number of hydrogen-bond acceptors (Lipinski definition) is 3. The molecule has 3 nitrogen and oxygen atoms in total. The molecule has 0 radical (unpaired) electrons. The second-order valence-corrected chi connectivity index (χ2v) is 9.95. The molecule has 0 aliphatic heterocycles. The number of carbonyl (C=O) groups excluding carboxylic acids is 3. The SMILES string of the molecule is CCCC(CC1CC(=O)c2c(C)ccc(C3=CC(C)=CC3)c2C1)C(CC)C(=O)CC(C)=O. The zero-order valence-electron chi connectivity index (χ0n) is 20.4. The fourth-order valence-corrected chi connectivity index (χ4v) is 5.89. The minimum Gasteiger partial charge on any atom is -0.300 e. The van der Waals surface area contributed by atoms with E-state index in [1.807, 2.05) is 6.92 Å². The second kappa shape index (κ2) is 10.6. The maximum Gasteiger partial charge on any atom is 0.163 e. The highest BCUT2D eigenvalue weighted by Gasteiger charge is 2.34. The van der Waals surface area contributed by atoms with Gasteiger partial charge in [0.15, 0.2) is 5.78 Å². The summed E-state index contributed by atoms with van der Waals surface area (Å²) in [6, 6.07) is 4.28. The van der Waals surface area contributed by atoms with Gasteiger partial charge in [-0.25, -0.2) is 0 Å². The van der Waals surface area contributed by atoms with Gasteiger partial charge in [0.25, 0.3) is 0 Å². The van der Waals surface area contributed by atoms with Crippen LogP contribution in [-0.4, -0.2) is 17.3 Å². The highest BCUT2D eigenvalue weighted by atomic mass is 16.1. The zero-order chi connectivity index (χ0) is 23.4. The molecule has 172 valence electrons. The van der Waals surface area contributed by atoms with E-state index in [9.17, 15) is 14.4 Å². The molecule has 32 heavy (non-hydrogen) atoms. The lowest BCUT2D eigenvalue weighted by Crippen LogP contribution is -2.30. The number of ketones is 3. The van der Waals surface area contributed by atoms with Crippen LogP contribution in [0, 0.1) is 24.7 Å². The Morgan fingerprint density at radius 2 is 1.88 bits per heavy atom. The van der Waals surface area contributed by atoms with Crippen LogP contribution in [-0.2, 0) is 16.0 Å². The molecule has 0 N–H and O–H groups in total. The Morgan fingerprint density at radius 1 is 1.12 bits per heavy atom. The average molecular weight is 435 g/mol. The van der Waals surface area contributed by atoms with Gasteiger partial charge in [-0.1, -0.05) is 56.5 Å². The minimum atomic E-state index is -0.0864. The third-order valence-corrected chi connectivity index (χ3v) is 7.30. The fourth-order valence-electron chi connectivity index (χ4n) is 5.89. The summed E-state index contributed by atoms with van der Waals surface area (Å²) >= 11 is 0. The van der Waals surface area contributed by atoms with Crippen LogP contribution in [0.25, 0.3) is 5.57 Å². The van der Waals surface area contributed by atoms with Crippen molar-refractivity contribution in [3.05, 3.63) is 52.1 Å². The van der Waals surface area contributed by atoms with Crippen LogP contribution in [0.2, 0.25) is 0 Å². The van der Waals surface area contributed by atoms with Crippen LogP contribution >= 0.6 is 0 Å². The summed E-state index contributed by atoms with van der Waals surface area (Å²) in [5, 5.41) is 0. The van der Waals surface area contributed by atoms with Crippen LogP contribution < -0.4 is 0 Å². The molecule has 3 heteroatoms. The molecule has 1 aromatic rings. The Kier molecular flexibility index (Phi) is 8.03. The Labute approximate surface area is 193 Å². The van der Waals surface area contributed by atoms with Gasteiger partial charge in [0, 0.05) is 17.9 Å². The van der Waals surface area contributed by atoms with Crippen molar-refractivity contribution in [3.63, 3.8) is 0 Å². The van der Waals surface area contributed by atoms with Crippen molar-refractivity contribution < 1.29 is 14.4 Å². The monoisotopic (exact) mass is 434 g/mol. The van der Waals surface area contributed by atoms with E-state index in [0.717, 1.165) is 49.7 Å². The summed E-state index contributed by atoms with van der Waals surface area (Å²) in [7, 11) is 0. The lowest BCUT2D eigenvalue weighted by atomic mass is 9.71. The highest BCUT2D eigenvalue weighted by molar-refractivity contribution is 6.01. The maximum atomic E-state index is 13.3. The molecule has 3 unspecified atom stereocenters. The molecule has 3 rings (SSSR count). The Hall–Kier alpha value is -2.29. The number of allylic oxidation sites excluding steroid dienone is 4. The van der Waals surface area contributed by atoms with Crippen molar-refractivity contribution in [3.8, 4) is 0 Å². The van der Waals surface area contributed by atoms with Crippen LogP contribution in [0.15, 0.2) is 29.9 Å². The van der Waals surface area contributed by atoms with Crippen molar-refractivity contribution in [2.75, 3.05) is 0 Å². The van der Waals surface area contributed by atoms with Crippen molar-refractivity contribution in [2.24, 2.45) is 17.8 Å². The van der Waals surface area contributed by atoms with Gasteiger partial charge < -0.3 is 0 Å². The summed E-state index contributed by atoms with van der Waals surface area (Å²) in [6.07, 6.45) is 10.5. The zero-order valence-corrected chi connectivity index (χ0v) is 20.4. The molecular formula is C29H38O3. The van der Waals surface area contributed by atoms with Gasteiger partial charge in [-0.2, -0.15) is 0 Å². The molecule has 2 aliphatic rings. The van der Waals surface area contributed by atoms with E-state index in [2.05, 4.69) is 45.1 Å². The van der Waals surface area contributed by atoms with E-state index in [0.29, 0.717) is 6.42 Å². The fraction of sp³-hybridized carbons (Fsp3) is 0.552. The van der Waals surface area contributed by atoms with Crippen molar-refractivity contribution in [1.82, 2.24) is 0 Å². The Balaban J connectivity index is 1.88. The molecule has 0 spiro atoms. The number of Topliss-reactive ketones (excluding diaryl/α,β-unsaturated/α-hetero) is 3. The number of fused-ring (bicyclic) bond motifs is 1. The molecule has 0 saturated heterocycles. The third kappa shape index (κ3) is 5.36. The molecule has 0 amide bonds. The Bertz CT molecular complexity index is 963. The Morgan fingerprint density at radius 3 is 2.47 bits per heavy atom. The molecule has 0 saturated carbocycles. The normalized spacial score (nSPS) is 19.8. The molecule has 0 fully saturated rings. The van der Waals surface area contributed by atoms with E-state index in [-0.39, 0.29) is 41.5 Å². The first kappa shape index (κ1) is 24.4. The third-order valence-electron chi connectivity index (χ3n) is 7.30. The summed E-state index contributed by atoms with van der Waals surface area (Å²) in [5.74, 6) is 0.671. The smallest absolute Gasteiger partial charge is 0.163 e. The number of aryl methyl sites for hydroxylation is 1. The van der Waals surface area contributed by atoms with E-state index < -0.39 is 0 Å². The molecule has 1 aromatic carbocycles. The molecule has 2 aliphatic carbocycles. The molecular weight excluding hydrogens is 396 g/mol. The van der Waals surface area contributed by atoms with Crippen molar-refractivity contribution >= 4 is 22.9 Å². The number of rotatable bonds is 10. The standard InChI is InChI=1S/C29H38O3/c1-6-8-22(24(7-2)27(31)14-20(5)30)15-21-16-26-25(23-11-9-18(3)13-23)12-10-19(4)29(26)28(32)17-21/h9-10,12-13,21-22,24H,6-8,11,14-17H2,1-5H3. The van der Waals surface area contributed by atoms with Gasteiger partial charge in [-0.3, -0.25) is 14.4 Å². The van der Waals surface area contributed by atoms with Crippen LogP contribution in [0.1, 0.15) is 99.7 Å². The van der Waals surface area contributed by atoms with E-state index in [1.165, 1.54) is 29.2 Å². The first-order chi connectivity index (χ1) is 15.2. The lowest BCUT2D eigenvalue weighted by Gasteiger charge is -2.32. The molecule has 0 bridgehead atoms. The van der Waals surface area contributed by atoms with Crippen LogP contribution in [0.4, 0.5) is 0 Å². The van der Waals surface area contributed by atoms with Gasteiger partial charge in [0.2, 0.25) is 0 Å². The molecule has 0 heterocycles. The lowest BCUT2D eigenvalue weighted by molar-refractivity contribution is -0.129. The minimum absolute atomic E-state index is 0.0367. The first-order valence-electron chi connectivity index (χ1n) is 12.3. The number of hydrogen-bond donors (Lipinski definition) is 0. The predicted molar refractivity (Wildman–Crippen MR) is 131 cm³/mol. The average Bonchev–Trinajstić information content (AvgIpc) is 3.14. The van der Waals surface area contributed by atoms with Gasteiger partial charge in [-0.05, 0) is 80.6 Å². The summed E-state index contributed by atoms with van der Waals surface area (Å²) < 4.78 is 0. The predicted octanol–water partition coefficient (Wildman–Crippen LogP) is 6.85. The van der Waals surface area contributed by atoms with Gasteiger partial charge >= 0.3 is 0 Å². The van der Waals surface area contributed by atoms with Crippen LogP contribution in [0.3, 0.4) is 0 Å². The summed E-state index contributed by atoms with van der Waals surface area (Å²) in [4.78, 5) is 37.6. The van der Waals surface area contributed by atoms with Crippen molar-refractivity contribution in [2.45, 2.75) is 86.0 Å². The second-order valence-electron chi connectivity index (χ2n) is 9.95. The summed E-state index contributed by atoms with van der Waals surface area (Å²) in [6.45, 7) is 9.87. The molecule has 3 atom stereocenters. The van der Waals surface area contributed by atoms with E-state index in [1.54, 1.807) is 0 Å². The van der Waals surface area contributed by atoms with E-state index in [4.69, 9.17) is 0 Å². The number of benzene rings is 1. The van der Waals surface area contributed by atoms with Crippen molar-refractivity contribution in [1.29, 1.82) is 0 Å².